The first kappa shape index (κ1) is 15.6. The van der Waals surface area contributed by atoms with Crippen molar-refractivity contribution >= 4 is 11.6 Å². The van der Waals surface area contributed by atoms with Crippen LogP contribution in [0.1, 0.15) is 36.5 Å². The van der Waals surface area contributed by atoms with Crippen molar-refractivity contribution in [3.8, 4) is 0 Å². The van der Waals surface area contributed by atoms with Crippen molar-refractivity contribution in [1.82, 2.24) is 14.7 Å². The van der Waals surface area contributed by atoms with Crippen LogP contribution in [0.3, 0.4) is 0 Å². The van der Waals surface area contributed by atoms with Crippen LogP contribution in [0.5, 0.6) is 0 Å². The summed E-state index contributed by atoms with van der Waals surface area (Å²) in [4.78, 5) is 14.4. The Morgan fingerprint density at radius 3 is 2.87 bits per heavy atom. The zero-order valence-electron chi connectivity index (χ0n) is 13.6. The highest BCUT2D eigenvalue weighted by Gasteiger charge is 2.19. The van der Waals surface area contributed by atoms with Crippen LogP contribution in [-0.2, 0) is 6.54 Å². The summed E-state index contributed by atoms with van der Waals surface area (Å²) in [6.45, 7) is 4.81. The number of nitrogens with one attached hydrogen (secondary N) is 1. The molecule has 0 aliphatic carbocycles. The summed E-state index contributed by atoms with van der Waals surface area (Å²) in [6, 6.07) is 10.1. The Morgan fingerprint density at radius 1 is 1.30 bits per heavy atom. The molecule has 1 fully saturated rings. The van der Waals surface area contributed by atoms with Gasteiger partial charge in [0.2, 0.25) is 0 Å². The number of aryl methyl sites for hydroxylation is 1. The SMILES string of the molecule is C[C@H](CCn1cccn1)Nc1cccc(C(=O)N2CCCC2)c1. The highest BCUT2D eigenvalue weighted by atomic mass is 16.2. The second-order valence-electron chi connectivity index (χ2n) is 6.18. The predicted molar refractivity (Wildman–Crippen MR) is 91.5 cm³/mol. The molecule has 1 atom stereocenters. The van der Waals surface area contributed by atoms with Gasteiger partial charge in [-0.25, -0.2) is 0 Å². The van der Waals surface area contributed by atoms with E-state index in [1.807, 2.05) is 46.1 Å². The number of likely N-dealkylation sites (tertiary alicyclic amines) is 1. The Morgan fingerprint density at radius 2 is 2.13 bits per heavy atom. The predicted octanol–water partition coefficient (Wildman–Crippen LogP) is 3.01. The number of amides is 1. The van der Waals surface area contributed by atoms with E-state index in [-0.39, 0.29) is 5.91 Å². The van der Waals surface area contributed by atoms with Crippen LogP contribution in [0.25, 0.3) is 0 Å². The Balaban J connectivity index is 1.57. The summed E-state index contributed by atoms with van der Waals surface area (Å²) in [6.07, 6.45) is 6.99. The molecule has 2 heterocycles. The molecule has 1 amide bonds. The number of hydrogen-bond donors (Lipinski definition) is 1. The van der Waals surface area contributed by atoms with Crippen molar-refractivity contribution in [1.29, 1.82) is 0 Å². The van der Waals surface area contributed by atoms with Crippen molar-refractivity contribution in [3.05, 3.63) is 48.3 Å². The largest absolute Gasteiger partial charge is 0.383 e. The van der Waals surface area contributed by atoms with Gasteiger partial charge in [-0.1, -0.05) is 6.07 Å². The van der Waals surface area contributed by atoms with E-state index in [2.05, 4.69) is 17.3 Å². The highest BCUT2D eigenvalue weighted by Crippen LogP contribution is 2.17. The van der Waals surface area contributed by atoms with Crippen LogP contribution in [-0.4, -0.2) is 39.7 Å². The summed E-state index contributed by atoms with van der Waals surface area (Å²) < 4.78 is 1.94. The Labute approximate surface area is 137 Å². The molecule has 1 aliphatic rings. The molecule has 3 rings (SSSR count). The van der Waals surface area contributed by atoms with Crippen molar-refractivity contribution in [2.45, 2.75) is 38.8 Å². The summed E-state index contributed by atoms with van der Waals surface area (Å²) >= 11 is 0. The van der Waals surface area contributed by atoms with Crippen molar-refractivity contribution in [2.75, 3.05) is 18.4 Å². The molecule has 1 N–H and O–H groups in total. The summed E-state index contributed by atoms with van der Waals surface area (Å²) in [5.74, 6) is 0.148. The third kappa shape index (κ3) is 4.12. The Bertz CT molecular complexity index is 632. The average Bonchev–Trinajstić information content (AvgIpc) is 3.26. The molecular formula is C18H24N4O. The van der Waals surface area contributed by atoms with Gasteiger partial charge in [0.25, 0.3) is 5.91 Å². The Kier molecular flexibility index (Phi) is 4.95. The number of benzene rings is 1. The van der Waals surface area contributed by atoms with Gasteiger partial charge in [-0.05, 0) is 50.5 Å². The lowest BCUT2D eigenvalue weighted by Crippen LogP contribution is -2.27. The molecule has 0 bridgehead atoms. The van der Waals surface area contributed by atoms with E-state index >= 15 is 0 Å². The summed E-state index contributed by atoms with van der Waals surface area (Å²) in [5.41, 5.74) is 1.78. The van der Waals surface area contributed by atoms with Crippen LogP contribution >= 0.6 is 0 Å². The molecule has 0 unspecified atom stereocenters. The first-order valence-electron chi connectivity index (χ1n) is 8.36. The van der Waals surface area contributed by atoms with Gasteiger partial charge in [-0.15, -0.1) is 0 Å². The molecule has 0 spiro atoms. The van der Waals surface area contributed by atoms with Gasteiger partial charge in [-0.2, -0.15) is 5.10 Å². The normalized spacial score (nSPS) is 15.6. The molecule has 122 valence electrons. The lowest BCUT2D eigenvalue weighted by atomic mass is 10.1. The smallest absolute Gasteiger partial charge is 0.253 e. The maximum Gasteiger partial charge on any atom is 0.253 e. The molecule has 23 heavy (non-hydrogen) atoms. The van der Waals surface area contributed by atoms with E-state index in [1.54, 1.807) is 6.20 Å². The number of aromatic nitrogens is 2. The van der Waals surface area contributed by atoms with Gasteiger partial charge < -0.3 is 10.2 Å². The van der Waals surface area contributed by atoms with Crippen LogP contribution in [0.4, 0.5) is 5.69 Å². The monoisotopic (exact) mass is 312 g/mol. The molecule has 0 saturated carbocycles. The minimum Gasteiger partial charge on any atom is -0.383 e. The standard InChI is InChI=1S/C18H24N4O/c1-15(8-13-22-12-5-9-19-22)20-17-7-4-6-16(14-17)18(23)21-10-2-3-11-21/h4-7,9,12,14-15,20H,2-3,8,10-11,13H2,1H3/t15-/m1/s1. The zero-order chi connectivity index (χ0) is 16.1. The fourth-order valence-electron chi connectivity index (χ4n) is 2.96. The highest BCUT2D eigenvalue weighted by molar-refractivity contribution is 5.95. The molecule has 1 saturated heterocycles. The molecule has 0 radical (unpaired) electrons. The number of anilines is 1. The number of hydrogen-bond acceptors (Lipinski definition) is 3. The third-order valence-electron chi connectivity index (χ3n) is 4.27. The molecule has 1 aliphatic heterocycles. The topological polar surface area (TPSA) is 50.2 Å². The number of nitrogens with zero attached hydrogens (tertiary/aromatic N) is 3. The van der Waals surface area contributed by atoms with E-state index in [4.69, 9.17) is 0 Å². The van der Waals surface area contributed by atoms with Gasteiger partial charge in [0, 0.05) is 49.3 Å². The quantitative estimate of drug-likeness (QED) is 0.892. The van der Waals surface area contributed by atoms with Crippen LogP contribution < -0.4 is 5.32 Å². The average molecular weight is 312 g/mol. The third-order valence-corrected chi connectivity index (χ3v) is 4.27. The van der Waals surface area contributed by atoms with Gasteiger partial charge in [0.15, 0.2) is 0 Å². The second-order valence-corrected chi connectivity index (χ2v) is 6.18. The zero-order valence-corrected chi connectivity index (χ0v) is 13.6. The molecular weight excluding hydrogens is 288 g/mol. The molecule has 5 heteroatoms. The van der Waals surface area contributed by atoms with Crippen molar-refractivity contribution in [2.24, 2.45) is 0 Å². The van der Waals surface area contributed by atoms with Crippen LogP contribution in [0.2, 0.25) is 0 Å². The summed E-state index contributed by atoms with van der Waals surface area (Å²) in [5, 5.41) is 7.69. The fraction of sp³-hybridized carbons (Fsp3) is 0.444. The van der Waals surface area contributed by atoms with Crippen LogP contribution in [0.15, 0.2) is 42.7 Å². The summed E-state index contributed by atoms with van der Waals surface area (Å²) in [7, 11) is 0. The molecule has 1 aromatic carbocycles. The first-order chi connectivity index (χ1) is 11.2. The van der Waals surface area contributed by atoms with Gasteiger partial charge in [-0.3, -0.25) is 9.48 Å². The number of carbonyl (C=O) groups is 1. The minimum atomic E-state index is 0.148. The van der Waals surface area contributed by atoms with E-state index in [9.17, 15) is 4.79 Å². The number of rotatable bonds is 6. The van der Waals surface area contributed by atoms with Gasteiger partial charge in [0.05, 0.1) is 0 Å². The lowest BCUT2D eigenvalue weighted by Gasteiger charge is -2.18. The maximum atomic E-state index is 12.5. The van der Waals surface area contributed by atoms with E-state index in [0.29, 0.717) is 6.04 Å². The van der Waals surface area contributed by atoms with Gasteiger partial charge in [0.1, 0.15) is 0 Å². The van der Waals surface area contributed by atoms with E-state index < -0.39 is 0 Å². The minimum absolute atomic E-state index is 0.148. The fourth-order valence-corrected chi connectivity index (χ4v) is 2.96. The Hall–Kier alpha value is -2.30. The maximum absolute atomic E-state index is 12.5. The molecule has 1 aromatic heterocycles. The molecule has 5 nitrogen and oxygen atoms in total. The van der Waals surface area contributed by atoms with Crippen molar-refractivity contribution in [3.63, 3.8) is 0 Å². The van der Waals surface area contributed by atoms with Gasteiger partial charge >= 0.3 is 0 Å². The first-order valence-corrected chi connectivity index (χ1v) is 8.36. The van der Waals surface area contributed by atoms with Crippen LogP contribution in [0, 0.1) is 0 Å². The number of carbonyl (C=O) groups excluding carboxylic acids is 1. The van der Waals surface area contributed by atoms with E-state index in [0.717, 1.165) is 50.1 Å². The lowest BCUT2D eigenvalue weighted by molar-refractivity contribution is 0.0793. The molecule has 2 aromatic rings. The second kappa shape index (κ2) is 7.31. The van der Waals surface area contributed by atoms with Crippen molar-refractivity contribution < 1.29 is 4.79 Å². The van der Waals surface area contributed by atoms with E-state index in [1.165, 1.54) is 0 Å².